The number of hydrogen-bond acceptors (Lipinski definition) is 2. The summed E-state index contributed by atoms with van der Waals surface area (Å²) in [5.74, 6) is 0. The highest BCUT2D eigenvalue weighted by atomic mass is 19.1. The second-order valence-corrected chi connectivity index (χ2v) is 4.59. The molecule has 1 aromatic rings. The number of nitrogens with two attached hydrogens (primary N) is 1. The summed E-state index contributed by atoms with van der Waals surface area (Å²) >= 11 is 0. The van der Waals surface area contributed by atoms with Crippen LogP contribution in [0.4, 0.5) is 4.39 Å². The molecule has 0 saturated carbocycles. The molecule has 4 heteroatoms. The predicted molar refractivity (Wildman–Crippen MR) is 73.6 cm³/mol. The largest absolute Gasteiger partial charge is 0.330 e. The van der Waals surface area contributed by atoms with E-state index in [1.807, 2.05) is 0 Å². The van der Waals surface area contributed by atoms with Crippen LogP contribution in [-0.2, 0) is 25.8 Å². The Balaban J connectivity index is 2.76. The Kier molecular flexibility index (Phi) is 6.94. The Morgan fingerprint density at radius 3 is 2.50 bits per heavy atom. The SMILES string of the molecule is CCc1nn(CCCCCF)c(CC)c1CCN. The number of unbranched alkanes of at least 4 members (excludes halogenated alkanes) is 2. The lowest BCUT2D eigenvalue weighted by Crippen LogP contribution is -2.08. The predicted octanol–water partition coefficient (Wildman–Crippen LogP) is 2.65. The summed E-state index contributed by atoms with van der Waals surface area (Å²) in [4.78, 5) is 0. The summed E-state index contributed by atoms with van der Waals surface area (Å²) < 4.78 is 14.2. The Morgan fingerprint density at radius 1 is 1.17 bits per heavy atom. The van der Waals surface area contributed by atoms with E-state index in [1.165, 1.54) is 17.0 Å². The maximum absolute atomic E-state index is 12.1. The molecule has 0 fully saturated rings. The summed E-state index contributed by atoms with van der Waals surface area (Å²) in [6.07, 6.45) is 5.47. The summed E-state index contributed by atoms with van der Waals surface area (Å²) in [5.41, 5.74) is 9.52. The molecule has 1 aromatic heterocycles. The fourth-order valence-electron chi connectivity index (χ4n) is 2.42. The van der Waals surface area contributed by atoms with Crippen LogP contribution in [0.5, 0.6) is 0 Å². The molecule has 104 valence electrons. The minimum atomic E-state index is -0.210. The number of hydrogen-bond donors (Lipinski definition) is 1. The molecule has 0 aliphatic heterocycles. The smallest absolute Gasteiger partial charge is 0.0894 e. The van der Waals surface area contributed by atoms with Gasteiger partial charge in [-0.15, -0.1) is 0 Å². The maximum atomic E-state index is 12.1. The fourth-order valence-corrected chi connectivity index (χ4v) is 2.42. The molecule has 3 nitrogen and oxygen atoms in total. The molecule has 0 atom stereocenters. The molecule has 2 N–H and O–H groups in total. The van der Waals surface area contributed by atoms with Crippen molar-refractivity contribution in [1.29, 1.82) is 0 Å². The second kappa shape index (κ2) is 8.25. The van der Waals surface area contributed by atoms with E-state index in [0.717, 1.165) is 38.6 Å². The molecule has 0 spiro atoms. The van der Waals surface area contributed by atoms with Gasteiger partial charge in [-0.3, -0.25) is 9.07 Å². The van der Waals surface area contributed by atoms with Gasteiger partial charge in [0, 0.05) is 12.2 Å². The van der Waals surface area contributed by atoms with Gasteiger partial charge in [0.25, 0.3) is 0 Å². The molecule has 0 amide bonds. The number of rotatable bonds is 9. The van der Waals surface area contributed by atoms with Crippen LogP contribution < -0.4 is 5.73 Å². The van der Waals surface area contributed by atoms with Gasteiger partial charge in [-0.05, 0) is 50.6 Å². The quantitative estimate of drug-likeness (QED) is 0.689. The van der Waals surface area contributed by atoms with Crippen LogP contribution in [0, 0.1) is 0 Å². The highest BCUT2D eigenvalue weighted by Crippen LogP contribution is 2.17. The second-order valence-electron chi connectivity index (χ2n) is 4.59. The van der Waals surface area contributed by atoms with Crippen LogP contribution in [0.3, 0.4) is 0 Å². The van der Waals surface area contributed by atoms with Crippen molar-refractivity contribution in [2.45, 2.75) is 58.9 Å². The monoisotopic (exact) mass is 255 g/mol. The first-order chi connectivity index (χ1) is 8.78. The van der Waals surface area contributed by atoms with Crippen LogP contribution in [0.2, 0.25) is 0 Å². The summed E-state index contributed by atoms with van der Waals surface area (Å²) in [6.45, 7) is 5.66. The van der Waals surface area contributed by atoms with Crippen LogP contribution in [0.25, 0.3) is 0 Å². The zero-order valence-corrected chi connectivity index (χ0v) is 11.7. The van der Waals surface area contributed by atoms with Gasteiger partial charge in [-0.2, -0.15) is 5.10 Å². The van der Waals surface area contributed by atoms with E-state index in [-0.39, 0.29) is 6.67 Å². The van der Waals surface area contributed by atoms with Gasteiger partial charge < -0.3 is 5.73 Å². The van der Waals surface area contributed by atoms with Crippen molar-refractivity contribution in [1.82, 2.24) is 9.78 Å². The van der Waals surface area contributed by atoms with Gasteiger partial charge in [0.15, 0.2) is 0 Å². The molecule has 18 heavy (non-hydrogen) atoms. The number of aromatic nitrogens is 2. The molecule has 0 aromatic carbocycles. The summed E-state index contributed by atoms with van der Waals surface area (Å²) in [6, 6.07) is 0. The van der Waals surface area contributed by atoms with E-state index in [4.69, 9.17) is 5.73 Å². The van der Waals surface area contributed by atoms with E-state index in [1.54, 1.807) is 0 Å². The third kappa shape index (κ3) is 3.80. The molecule has 1 rings (SSSR count). The fraction of sp³-hybridized carbons (Fsp3) is 0.786. The Labute approximate surface area is 110 Å². The standard InChI is InChI=1S/C14H26FN3/c1-3-13-12(8-10-16)14(4-2)18(17-13)11-7-5-6-9-15/h3-11,16H2,1-2H3. The molecule has 0 aliphatic carbocycles. The van der Waals surface area contributed by atoms with Gasteiger partial charge >= 0.3 is 0 Å². The molecule has 0 unspecified atom stereocenters. The molecule has 0 saturated heterocycles. The van der Waals surface area contributed by atoms with E-state index in [2.05, 4.69) is 23.6 Å². The first kappa shape index (κ1) is 15.2. The number of halogens is 1. The van der Waals surface area contributed by atoms with E-state index in [9.17, 15) is 4.39 Å². The van der Waals surface area contributed by atoms with E-state index in [0.29, 0.717) is 13.0 Å². The third-order valence-electron chi connectivity index (χ3n) is 3.32. The summed E-state index contributed by atoms with van der Waals surface area (Å²) in [5, 5.41) is 4.68. The number of nitrogens with zero attached hydrogens (tertiary/aromatic N) is 2. The van der Waals surface area contributed by atoms with Crippen LogP contribution in [-0.4, -0.2) is 23.0 Å². The van der Waals surface area contributed by atoms with Crippen molar-refractivity contribution >= 4 is 0 Å². The molecular formula is C14H26FN3. The number of aryl methyl sites for hydroxylation is 2. The minimum absolute atomic E-state index is 0.210. The molecule has 0 radical (unpaired) electrons. The van der Waals surface area contributed by atoms with Crippen molar-refractivity contribution in [3.05, 3.63) is 17.0 Å². The maximum Gasteiger partial charge on any atom is 0.0894 e. The van der Waals surface area contributed by atoms with Gasteiger partial charge in [0.05, 0.1) is 12.4 Å². The van der Waals surface area contributed by atoms with Crippen LogP contribution >= 0.6 is 0 Å². The van der Waals surface area contributed by atoms with Gasteiger partial charge in [-0.25, -0.2) is 0 Å². The lowest BCUT2D eigenvalue weighted by atomic mass is 10.1. The van der Waals surface area contributed by atoms with Crippen molar-refractivity contribution in [2.24, 2.45) is 5.73 Å². The van der Waals surface area contributed by atoms with Gasteiger partial charge in [-0.1, -0.05) is 13.8 Å². The molecule has 1 heterocycles. The van der Waals surface area contributed by atoms with Crippen molar-refractivity contribution in [2.75, 3.05) is 13.2 Å². The first-order valence-electron chi connectivity index (χ1n) is 7.11. The summed E-state index contributed by atoms with van der Waals surface area (Å²) in [7, 11) is 0. The lowest BCUT2D eigenvalue weighted by molar-refractivity contribution is 0.440. The van der Waals surface area contributed by atoms with Gasteiger partial charge in [0.2, 0.25) is 0 Å². The van der Waals surface area contributed by atoms with Crippen molar-refractivity contribution in [3.8, 4) is 0 Å². The third-order valence-corrected chi connectivity index (χ3v) is 3.32. The highest BCUT2D eigenvalue weighted by Gasteiger charge is 2.14. The van der Waals surface area contributed by atoms with Crippen molar-refractivity contribution in [3.63, 3.8) is 0 Å². The van der Waals surface area contributed by atoms with Crippen LogP contribution in [0.15, 0.2) is 0 Å². The topological polar surface area (TPSA) is 43.8 Å². The minimum Gasteiger partial charge on any atom is -0.330 e. The van der Waals surface area contributed by atoms with E-state index < -0.39 is 0 Å². The Bertz CT molecular complexity index is 347. The van der Waals surface area contributed by atoms with Gasteiger partial charge in [0.1, 0.15) is 0 Å². The van der Waals surface area contributed by atoms with Crippen molar-refractivity contribution < 1.29 is 4.39 Å². The number of alkyl halides is 1. The Hall–Kier alpha value is -0.900. The average Bonchev–Trinajstić information content (AvgIpc) is 2.72. The zero-order chi connectivity index (χ0) is 13.4. The first-order valence-corrected chi connectivity index (χ1v) is 7.11. The zero-order valence-electron chi connectivity index (χ0n) is 11.7. The van der Waals surface area contributed by atoms with Crippen LogP contribution in [0.1, 0.15) is 50.1 Å². The molecular weight excluding hydrogens is 229 g/mol. The van der Waals surface area contributed by atoms with E-state index >= 15 is 0 Å². The highest BCUT2D eigenvalue weighted by molar-refractivity contribution is 5.27. The lowest BCUT2D eigenvalue weighted by Gasteiger charge is -2.07. The normalized spacial score (nSPS) is 11.1. The molecule has 0 bridgehead atoms. The molecule has 0 aliphatic rings. The Morgan fingerprint density at radius 2 is 1.94 bits per heavy atom. The average molecular weight is 255 g/mol.